The lowest BCUT2D eigenvalue weighted by Gasteiger charge is -2.25. The van der Waals surface area contributed by atoms with E-state index in [1.807, 2.05) is 0 Å². The van der Waals surface area contributed by atoms with E-state index in [0.29, 0.717) is 4.83 Å². The molecule has 0 aromatic carbocycles. The topological polar surface area (TPSA) is 0 Å². The zero-order chi connectivity index (χ0) is 11.3. The van der Waals surface area contributed by atoms with Crippen molar-refractivity contribution < 1.29 is 0 Å². The maximum absolute atomic E-state index is 6.11. The fraction of sp³-hybridized carbons (Fsp3) is 0.667. The summed E-state index contributed by atoms with van der Waals surface area (Å²) >= 11 is 15.2. The van der Waals surface area contributed by atoms with Gasteiger partial charge >= 0.3 is 0 Å². The van der Waals surface area contributed by atoms with Gasteiger partial charge in [-0.3, -0.25) is 0 Å². The molecule has 88 valence electrons. The van der Waals surface area contributed by atoms with Crippen LogP contribution in [0.2, 0.25) is 4.34 Å². The molecule has 2 bridgehead atoms. The van der Waals surface area contributed by atoms with Crippen molar-refractivity contribution in [3.05, 3.63) is 19.8 Å². The van der Waals surface area contributed by atoms with Gasteiger partial charge in [0.15, 0.2) is 0 Å². The Kier molecular flexibility index (Phi) is 3.42. The Morgan fingerprint density at radius 2 is 2.19 bits per heavy atom. The Labute approximate surface area is 122 Å². The molecule has 0 nitrogen and oxygen atoms in total. The molecule has 0 aliphatic heterocycles. The number of fused-ring (bicyclic) bond motifs is 2. The molecule has 1 heterocycles. The van der Waals surface area contributed by atoms with Crippen molar-refractivity contribution in [1.82, 2.24) is 0 Å². The first-order chi connectivity index (χ1) is 7.65. The quantitative estimate of drug-likeness (QED) is 0.546. The maximum Gasteiger partial charge on any atom is 0.107 e. The van der Waals surface area contributed by atoms with Gasteiger partial charge in [-0.05, 0) is 59.0 Å². The highest BCUT2D eigenvalue weighted by molar-refractivity contribution is 9.10. The number of hydrogen-bond acceptors (Lipinski definition) is 1. The van der Waals surface area contributed by atoms with E-state index in [2.05, 4.69) is 37.9 Å². The minimum absolute atomic E-state index is 0.511. The van der Waals surface area contributed by atoms with Crippen molar-refractivity contribution in [1.29, 1.82) is 0 Å². The van der Waals surface area contributed by atoms with Gasteiger partial charge in [-0.1, -0.05) is 34.0 Å². The van der Waals surface area contributed by atoms with Gasteiger partial charge in [0.2, 0.25) is 0 Å². The third kappa shape index (κ3) is 2.02. The standard InChI is InChI=1S/C12H13Br2ClS/c13-9-5-10(16-12(9)15)11(14)8-4-6-1-2-7(8)3-6/h5-8,11H,1-4H2. The van der Waals surface area contributed by atoms with Crippen molar-refractivity contribution in [3.63, 3.8) is 0 Å². The second kappa shape index (κ2) is 4.56. The molecule has 16 heavy (non-hydrogen) atoms. The summed E-state index contributed by atoms with van der Waals surface area (Å²) in [6.07, 6.45) is 5.79. The Morgan fingerprint density at radius 1 is 1.38 bits per heavy atom. The van der Waals surface area contributed by atoms with Crippen LogP contribution < -0.4 is 0 Å². The van der Waals surface area contributed by atoms with Gasteiger partial charge in [0.25, 0.3) is 0 Å². The summed E-state index contributed by atoms with van der Waals surface area (Å²) < 4.78 is 1.92. The summed E-state index contributed by atoms with van der Waals surface area (Å²) in [6.45, 7) is 0. The Balaban J connectivity index is 1.80. The van der Waals surface area contributed by atoms with E-state index in [1.165, 1.54) is 30.6 Å². The summed E-state index contributed by atoms with van der Waals surface area (Å²) in [6, 6.07) is 2.18. The highest BCUT2D eigenvalue weighted by atomic mass is 79.9. The van der Waals surface area contributed by atoms with Crippen LogP contribution in [0.1, 0.15) is 35.4 Å². The SMILES string of the molecule is Clc1sc(C(Br)C2CC3CCC2C3)cc1Br. The van der Waals surface area contributed by atoms with Crippen molar-refractivity contribution in [2.45, 2.75) is 30.5 Å². The van der Waals surface area contributed by atoms with Crippen LogP contribution in [0.5, 0.6) is 0 Å². The fourth-order valence-electron chi connectivity index (χ4n) is 3.36. The molecule has 2 saturated carbocycles. The number of halogens is 3. The van der Waals surface area contributed by atoms with Gasteiger partial charge in [0.1, 0.15) is 4.34 Å². The predicted molar refractivity (Wildman–Crippen MR) is 77.6 cm³/mol. The zero-order valence-electron chi connectivity index (χ0n) is 8.76. The molecule has 3 rings (SSSR count). The highest BCUT2D eigenvalue weighted by Gasteiger charge is 2.43. The van der Waals surface area contributed by atoms with E-state index in [0.717, 1.165) is 26.6 Å². The van der Waals surface area contributed by atoms with Gasteiger partial charge in [0, 0.05) is 9.35 Å². The number of hydrogen-bond donors (Lipinski definition) is 0. The van der Waals surface area contributed by atoms with Crippen molar-refractivity contribution >= 4 is 54.8 Å². The largest absolute Gasteiger partial charge is 0.126 e. The van der Waals surface area contributed by atoms with Crippen LogP contribution in [-0.4, -0.2) is 0 Å². The second-order valence-electron chi connectivity index (χ2n) is 5.01. The third-order valence-electron chi connectivity index (χ3n) is 4.10. The molecule has 4 heteroatoms. The van der Waals surface area contributed by atoms with Gasteiger partial charge in [-0.15, -0.1) is 11.3 Å². The summed E-state index contributed by atoms with van der Waals surface area (Å²) in [4.78, 5) is 1.89. The van der Waals surface area contributed by atoms with Crippen LogP contribution in [0.4, 0.5) is 0 Å². The molecule has 2 fully saturated rings. The molecule has 4 atom stereocenters. The monoisotopic (exact) mass is 382 g/mol. The predicted octanol–water partition coefficient (Wildman–Crippen LogP) is 6.04. The van der Waals surface area contributed by atoms with Crippen molar-refractivity contribution in [3.8, 4) is 0 Å². The normalized spacial score (nSPS) is 34.6. The molecule has 1 aromatic rings. The zero-order valence-corrected chi connectivity index (χ0v) is 13.5. The third-order valence-corrected chi connectivity index (χ3v) is 8.14. The molecular formula is C12H13Br2ClS. The van der Waals surface area contributed by atoms with Gasteiger partial charge < -0.3 is 0 Å². The lowest BCUT2D eigenvalue weighted by Crippen LogP contribution is -2.14. The lowest BCUT2D eigenvalue weighted by molar-refractivity contribution is 0.331. The average molecular weight is 385 g/mol. The fourth-order valence-corrected chi connectivity index (χ4v) is 6.21. The average Bonchev–Trinajstić information content (AvgIpc) is 2.94. The van der Waals surface area contributed by atoms with Crippen LogP contribution in [0.25, 0.3) is 0 Å². The van der Waals surface area contributed by atoms with Crippen molar-refractivity contribution in [2.75, 3.05) is 0 Å². The number of rotatable bonds is 2. The molecule has 2 aliphatic rings. The molecular weight excluding hydrogens is 371 g/mol. The van der Waals surface area contributed by atoms with Gasteiger partial charge in [-0.25, -0.2) is 0 Å². The Hall–Kier alpha value is 0.950. The first-order valence-corrected chi connectivity index (χ1v) is 8.64. The van der Waals surface area contributed by atoms with Crippen LogP contribution in [0.15, 0.2) is 10.5 Å². The molecule has 1 aromatic heterocycles. The smallest absolute Gasteiger partial charge is 0.107 e. The molecule has 0 radical (unpaired) electrons. The summed E-state index contributed by atoms with van der Waals surface area (Å²) in [5, 5.41) is 0. The minimum Gasteiger partial charge on any atom is -0.126 e. The van der Waals surface area contributed by atoms with Gasteiger partial charge in [0.05, 0.1) is 4.83 Å². The first kappa shape index (κ1) is 12.0. The Bertz CT molecular complexity index is 384. The summed E-state index contributed by atoms with van der Waals surface area (Å²) in [5.41, 5.74) is 0. The molecule has 0 N–H and O–H groups in total. The molecule has 2 aliphatic carbocycles. The van der Waals surface area contributed by atoms with Crippen LogP contribution in [0, 0.1) is 17.8 Å². The molecule has 0 spiro atoms. The van der Waals surface area contributed by atoms with Crippen LogP contribution in [0.3, 0.4) is 0 Å². The highest BCUT2D eigenvalue weighted by Crippen LogP contribution is 2.56. The van der Waals surface area contributed by atoms with E-state index >= 15 is 0 Å². The van der Waals surface area contributed by atoms with Crippen LogP contribution in [-0.2, 0) is 0 Å². The van der Waals surface area contributed by atoms with E-state index < -0.39 is 0 Å². The van der Waals surface area contributed by atoms with Gasteiger partial charge in [-0.2, -0.15) is 0 Å². The maximum atomic E-state index is 6.11. The lowest BCUT2D eigenvalue weighted by atomic mass is 9.86. The summed E-state index contributed by atoms with van der Waals surface area (Å²) in [7, 11) is 0. The molecule has 0 amide bonds. The summed E-state index contributed by atoms with van der Waals surface area (Å²) in [5.74, 6) is 2.79. The van der Waals surface area contributed by atoms with Crippen LogP contribution >= 0.6 is 54.8 Å². The molecule has 4 unspecified atom stereocenters. The van der Waals surface area contributed by atoms with E-state index in [1.54, 1.807) is 11.3 Å². The van der Waals surface area contributed by atoms with E-state index in [-0.39, 0.29) is 0 Å². The van der Waals surface area contributed by atoms with E-state index in [4.69, 9.17) is 11.6 Å². The second-order valence-corrected chi connectivity index (χ2v) is 8.54. The minimum atomic E-state index is 0.511. The number of alkyl halides is 1. The Morgan fingerprint density at radius 3 is 2.69 bits per heavy atom. The molecule has 0 saturated heterocycles. The first-order valence-electron chi connectivity index (χ1n) is 5.74. The van der Waals surface area contributed by atoms with Crippen molar-refractivity contribution in [2.24, 2.45) is 17.8 Å². The number of thiophene rings is 1. The van der Waals surface area contributed by atoms with E-state index in [9.17, 15) is 0 Å².